The average Bonchev–Trinajstić information content (AvgIpc) is 2.62. The van der Waals surface area contributed by atoms with Crippen molar-refractivity contribution in [2.45, 2.75) is 0 Å². The van der Waals surface area contributed by atoms with Crippen molar-refractivity contribution in [2.75, 3.05) is 6.16 Å². The molecule has 3 rings (SSSR count). The number of hydrogen-bond donors (Lipinski definition) is 0. The summed E-state index contributed by atoms with van der Waals surface area (Å²) < 4.78 is 0. The van der Waals surface area contributed by atoms with Gasteiger partial charge in [0, 0.05) is 0 Å². The molecule has 0 spiro atoms. The van der Waals surface area contributed by atoms with Crippen molar-refractivity contribution in [1.82, 2.24) is 0 Å². The summed E-state index contributed by atoms with van der Waals surface area (Å²) in [7, 11) is -1.67. The lowest BCUT2D eigenvalue weighted by Gasteiger charge is -2.26. The smallest absolute Gasteiger partial charge is 0.115 e. The fourth-order valence-electron chi connectivity index (χ4n) is 3.00. The molecule has 3 aromatic carbocycles. The van der Waals surface area contributed by atoms with E-state index < -0.39 is 7.26 Å². The van der Waals surface area contributed by atoms with Crippen LogP contribution in [-0.2, 0) is 0 Å². The van der Waals surface area contributed by atoms with Crippen LogP contribution >= 0.6 is 41.1 Å². The van der Waals surface area contributed by atoms with Gasteiger partial charge in [0.2, 0.25) is 0 Å². The Hall–Kier alpha value is -1.01. The highest BCUT2D eigenvalue weighted by Gasteiger charge is 2.43. The maximum absolute atomic E-state index is 4.05. The lowest BCUT2D eigenvalue weighted by Crippen LogP contribution is -2.32. The van der Waals surface area contributed by atoms with E-state index in [1.165, 1.54) is 15.9 Å². The third-order valence-electron chi connectivity index (χ3n) is 3.99. The van der Waals surface area contributed by atoms with Crippen LogP contribution in [0.4, 0.5) is 0 Å². The Kier molecular flexibility index (Phi) is 8.84. The molecule has 0 aliphatic heterocycles. The first-order valence-corrected chi connectivity index (χ1v) is 9.51. The number of rotatable bonds is 5. The third-order valence-corrected chi connectivity index (χ3v) is 8.34. The van der Waals surface area contributed by atoms with E-state index in [0.29, 0.717) is 0 Å². The average molecular weight is 465 g/mol. The first-order valence-electron chi connectivity index (χ1n) is 7.54. The zero-order valence-corrected chi connectivity index (χ0v) is 18.4. The van der Waals surface area contributed by atoms with Crippen molar-refractivity contribution in [3.63, 3.8) is 0 Å². The van der Waals surface area contributed by atoms with E-state index in [1.807, 2.05) is 0 Å². The van der Waals surface area contributed by atoms with Crippen molar-refractivity contribution in [3.8, 4) is 0 Å². The van der Waals surface area contributed by atoms with E-state index in [4.69, 9.17) is 0 Å². The molecule has 3 aromatic rings. The second-order valence-corrected chi connectivity index (χ2v) is 8.82. The number of benzene rings is 3. The summed E-state index contributed by atoms with van der Waals surface area (Å²) in [6.07, 6.45) is 3.05. The fourth-order valence-corrected chi connectivity index (χ4v) is 6.96. The van der Waals surface area contributed by atoms with Crippen LogP contribution in [0.25, 0.3) is 0 Å². The van der Waals surface area contributed by atoms with Gasteiger partial charge in [-0.15, -0.1) is 24.0 Å². The monoisotopic (exact) mass is 465 g/mol. The first-order chi connectivity index (χ1) is 10.9. The second kappa shape index (κ2) is 10.1. The van der Waals surface area contributed by atoms with Crippen molar-refractivity contribution in [2.24, 2.45) is 0 Å². The van der Waals surface area contributed by atoms with E-state index in [1.54, 1.807) is 0 Å². The topological polar surface area (TPSA) is 0 Å². The number of hydrogen-bond acceptors (Lipinski definition) is 0. The van der Waals surface area contributed by atoms with Crippen LogP contribution in [0.5, 0.6) is 0 Å². The lowest BCUT2D eigenvalue weighted by molar-refractivity contribution is 1.66. The second-order valence-electron chi connectivity index (χ2n) is 5.29. The van der Waals surface area contributed by atoms with Crippen molar-refractivity contribution in [1.29, 1.82) is 0 Å². The van der Waals surface area contributed by atoms with Gasteiger partial charge in [-0.3, -0.25) is 0 Å². The summed E-state index contributed by atoms with van der Waals surface area (Å²) >= 11 is 0. The van der Waals surface area contributed by atoms with Crippen molar-refractivity contribution < 1.29 is 0 Å². The summed E-state index contributed by atoms with van der Waals surface area (Å²) in [6.45, 7) is 4.05. The molecule has 0 amide bonds. The van der Waals surface area contributed by atoms with Gasteiger partial charge in [-0.1, -0.05) is 67.3 Å². The predicted octanol–water partition coefficient (Wildman–Crippen LogP) is 4.84. The Morgan fingerprint density at radius 1 is 0.625 bits per heavy atom. The third kappa shape index (κ3) is 4.14. The van der Waals surface area contributed by atoms with Crippen molar-refractivity contribution in [3.05, 3.63) is 104 Å². The molecule has 0 heterocycles. The normalized spacial score (nSPS) is 10.2. The van der Waals surface area contributed by atoms with E-state index in [0.717, 1.165) is 6.16 Å². The highest BCUT2D eigenvalue weighted by Crippen LogP contribution is 2.55. The molecule has 0 nitrogen and oxygen atoms in total. The standard InChI is InChI=1S/C21H20P.HI.H3P/c1-2-18-22(19-12-6-3-7-13-19,20-14-8-4-9-15-20)21-16-10-5-11-17-21;;/h2-17H,1,18H2;1H;1H3/q+1;;. The molecule has 3 heteroatoms. The van der Waals surface area contributed by atoms with Gasteiger partial charge >= 0.3 is 0 Å². The molecule has 0 aliphatic rings. The van der Waals surface area contributed by atoms with Crippen LogP contribution in [-0.4, -0.2) is 6.16 Å². The van der Waals surface area contributed by atoms with Crippen LogP contribution in [0.15, 0.2) is 104 Å². The number of halogens is 1. The highest BCUT2D eigenvalue weighted by molar-refractivity contribution is 14.0. The molecule has 0 aliphatic carbocycles. The molecule has 0 aromatic heterocycles. The maximum atomic E-state index is 4.05. The van der Waals surface area contributed by atoms with Crippen LogP contribution < -0.4 is 15.9 Å². The molecule has 124 valence electrons. The van der Waals surface area contributed by atoms with E-state index in [-0.39, 0.29) is 33.9 Å². The molecule has 1 atom stereocenters. The Morgan fingerprint density at radius 3 is 1.17 bits per heavy atom. The van der Waals surface area contributed by atoms with Crippen LogP contribution in [0.3, 0.4) is 0 Å². The molecule has 0 fully saturated rings. The predicted molar refractivity (Wildman–Crippen MR) is 127 cm³/mol. The van der Waals surface area contributed by atoms with E-state index >= 15 is 0 Å². The molecule has 0 bridgehead atoms. The first kappa shape index (κ1) is 21.0. The van der Waals surface area contributed by atoms with E-state index in [2.05, 4.69) is 104 Å². The SMILES string of the molecule is C=CC[P+](c1ccccc1)(c1ccccc1)c1ccccc1.I.P. The van der Waals surface area contributed by atoms with Gasteiger partial charge < -0.3 is 0 Å². The fraction of sp³-hybridized carbons (Fsp3) is 0.0476. The summed E-state index contributed by atoms with van der Waals surface area (Å²) in [5, 5.41) is 4.23. The van der Waals surface area contributed by atoms with Gasteiger partial charge in [0.15, 0.2) is 0 Å². The molecular weight excluding hydrogens is 441 g/mol. The van der Waals surface area contributed by atoms with Crippen molar-refractivity contribution >= 4 is 57.1 Å². The largest absolute Gasteiger partial charge is 0.153 e. The lowest BCUT2D eigenvalue weighted by atomic mass is 10.4. The van der Waals surface area contributed by atoms with Crippen LogP contribution in [0.2, 0.25) is 0 Å². The van der Waals surface area contributed by atoms with Gasteiger partial charge in [0.1, 0.15) is 23.2 Å². The van der Waals surface area contributed by atoms with Crippen LogP contribution in [0.1, 0.15) is 0 Å². The van der Waals surface area contributed by atoms with Gasteiger partial charge in [-0.25, -0.2) is 0 Å². The molecule has 0 saturated heterocycles. The Morgan fingerprint density at radius 2 is 0.917 bits per heavy atom. The Bertz CT molecular complexity index is 631. The zero-order chi connectivity index (χ0) is 15.3. The Labute approximate surface area is 166 Å². The Balaban J connectivity index is 0.00000144. The molecule has 1 unspecified atom stereocenters. The van der Waals surface area contributed by atoms with Gasteiger partial charge in [0.05, 0.1) is 6.16 Å². The number of allylic oxidation sites excluding steroid dienone is 1. The van der Waals surface area contributed by atoms with Gasteiger partial charge in [-0.05, 0) is 36.4 Å². The molecule has 0 saturated carbocycles. The summed E-state index contributed by atoms with van der Waals surface area (Å²) in [6, 6.07) is 32.7. The zero-order valence-electron chi connectivity index (χ0n) is 13.7. The van der Waals surface area contributed by atoms with Gasteiger partial charge in [0.25, 0.3) is 0 Å². The van der Waals surface area contributed by atoms with E-state index in [9.17, 15) is 0 Å². The molecular formula is C21H24IP2+. The quantitative estimate of drug-likeness (QED) is 0.288. The minimum atomic E-state index is -1.67. The minimum Gasteiger partial charge on any atom is -0.153 e. The van der Waals surface area contributed by atoms with Gasteiger partial charge in [-0.2, -0.15) is 9.90 Å². The molecule has 0 radical (unpaired) electrons. The summed E-state index contributed by atoms with van der Waals surface area (Å²) in [5.41, 5.74) is 0. The molecule has 24 heavy (non-hydrogen) atoms. The molecule has 0 N–H and O–H groups in total. The highest BCUT2D eigenvalue weighted by atomic mass is 127. The minimum absolute atomic E-state index is 0. The maximum Gasteiger partial charge on any atom is 0.115 e. The summed E-state index contributed by atoms with van der Waals surface area (Å²) in [4.78, 5) is 0. The summed E-state index contributed by atoms with van der Waals surface area (Å²) in [5.74, 6) is 0. The van der Waals surface area contributed by atoms with Crippen LogP contribution in [0, 0.1) is 0 Å².